The second-order valence-electron chi connectivity index (χ2n) is 5.69. The van der Waals surface area contributed by atoms with E-state index in [4.69, 9.17) is 0 Å². The van der Waals surface area contributed by atoms with E-state index < -0.39 is 0 Å². The van der Waals surface area contributed by atoms with Gasteiger partial charge in [-0.05, 0) is 41.8 Å². The summed E-state index contributed by atoms with van der Waals surface area (Å²) in [5.41, 5.74) is 5.88. The molecule has 0 aliphatic heterocycles. The van der Waals surface area contributed by atoms with Crippen molar-refractivity contribution >= 4 is 28.7 Å². The zero-order valence-corrected chi connectivity index (χ0v) is 13.2. The topological polar surface area (TPSA) is 16.1 Å². The van der Waals surface area contributed by atoms with Crippen molar-refractivity contribution in [3.05, 3.63) is 71.4 Å². The van der Waals surface area contributed by atoms with Crippen molar-refractivity contribution in [2.45, 2.75) is 6.92 Å². The number of fused-ring (bicyclic) bond motifs is 1. The summed E-state index contributed by atoms with van der Waals surface area (Å²) < 4.78 is 0. The number of hydrogen-bond donors (Lipinski definition) is 0. The lowest BCUT2D eigenvalue weighted by atomic mass is 10.0. The van der Waals surface area contributed by atoms with E-state index in [0.29, 0.717) is 0 Å². The molecule has 1 heterocycles. The third-order valence-corrected chi connectivity index (χ3v) is 3.87. The van der Waals surface area contributed by atoms with Gasteiger partial charge in [0.15, 0.2) is 0 Å². The van der Waals surface area contributed by atoms with E-state index in [1.165, 1.54) is 27.8 Å². The minimum atomic E-state index is 1.04. The van der Waals surface area contributed by atoms with Gasteiger partial charge in [0.1, 0.15) is 0 Å². The van der Waals surface area contributed by atoms with Gasteiger partial charge in [-0.15, -0.1) is 0 Å². The first-order valence-corrected chi connectivity index (χ1v) is 7.45. The van der Waals surface area contributed by atoms with Crippen LogP contribution in [0.3, 0.4) is 0 Å². The van der Waals surface area contributed by atoms with E-state index in [-0.39, 0.29) is 0 Å². The largest absolute Gasteiger partial charge is 0.378 e. The summed E-state index contributed by atoms with van der Waals surface area (Å²) in [5, 5.41) is 1.20. The minimum Gasteiger partial charge on any atom is -0.378 e. The maximum atomic E-state index is 4.49. The van der Waals surface area contributed by atoms with Gasteiger partial charge in [-0.2, -0.15) is 0 Å². The third-order valence-electron chi connectivity index (χ3n) is 3.87. The van der Waals surface area contributed by atoms with Crippen LogP contribution in [0, 0.1) is 6.92 Å². The van der Waals surface area contributed by atoms with E-state index in [1.54, 1.807) is 0 Å². The Morgan fingerprint density at radius 2 is 1.64 bits per heavy atom. The highest BCUT2D eigenvalue weighted by Crippen LogP contribution is 2.22. The summed E-state index contributed by atoms with van der Waals surface area (Å²) in [5.74, 6) is 0. The molecule has 2 aromatic carbocycles. The Hall–Kier alpha value is -2.61. The van der Waals surface area contributed by atoms with Crippen molar-refractivity contribution in [2.75, 3.05) is 19.0 Å². The molecule has 1 aromatic heterocycles. The molecule has 0 amide bonds. The normalized spacial score (nSPS) is 11.2. The van der Waals surface area contributed by atoms with Crippen LogP contribution in [0.2, 0.25) is 0 Å². The van der Waals surface area contributed by atoms with Crippen LogP contribution >= 0.6 is 0 Å². The smallest absolute Gasteiger partial charge is 0.0708 e. The van der Waals surface area contributed by atoms with Crippen molar-refractivity contribution in [3.63, 3.8) is 0 Å². The zero-order chi connectivity index (χ0) is 15.5. The first-order valence-electron chi connectivity index (χ1n) is 7.45. The molecule has 3 aromatic rings. The lowest BCUT2D eigenvalue weighted by Gasteiger charge is -2.11. The standard InChI is InChI=1S/C20H20N2/c1-15-14-21-20-7-5-4-6-19(20)18(15)13-10-16-8-11-17(12-9-16)22(2)3/h4-14H,1-3H3/b13-10-. The van der Waals surface area contributed by atoms with Crippen LogP contribution in [0.25, 0.3) is 23.1 Å². The van der Waals surface area contributed by atoms with E-state index >= 15 is 0 Å². The molecule has 0 aliphatic carbocycles. The number of benzene rings is 2. The average Bonchev–Trinajstić information content (AvgIpc) is 2.54. The molecule has 0 saturated heterocycles. The molecule has 0 bridgehead atoms. The fourth-order valence-electron chi connectivity index (χ4n) is 2.55. The molecule has 0 aliphatic rings. The molecule has 110 valence electrons. The fraction of sp³-hybridized carbons (Fsp3) is 0.150. The first-order chi connectivity index (χ1) is 10.6. The Bertz CT molecular complexity index is 815. The Morgan fingerprint density at radius 3 is 2.36 bits per heavy atom. The van der Waals surface area contributed by atoms with Gasteiger partial charge in [-0.25, -0.2) is 0 Å². The summed E-state index contributed by atoms with van der Waals surface area (Å²) in [7, 11) is 4.11. The van der Waals surface area contributed by atoms with Gasteiger partial charge in [0, 0.05) is 31.4 Å². The van der Waals surface area contributed by atoms with E-state index in [2.05, 4.69) is 85.5 Å². The molecule has 0 fully saturated rings. The van der Waals surface area contributed by atoms with E-state index in [1.807, 2.05) is 12.3 Å². The Balaban J connectivity index is 1.97. The number of para-hydroxylation sites is 1. The van der Waals surface area contributed by atoms with Crippen LogP contribution in [-0.2, 0) is 0 Å². The molecular weight excluding hydrogens is 268 g/mol. The molecule has 0 unspecified atom stereocenters. The van der Waals surface area contributed by atoms with Gasteiger partial charge in [0.25, 0.3) is 0 Å². The van der Waals surface area contributed by atoms with Crippen LogP contribution in [0.4, 0.5) is 5.69 Å². The van der Waals surface area contributed by atoms with Gasteiger partial charge in [0.2, 0.25) is 0 Å². The van der Waals surface area contributed by atoms with Crippen LogP contribution in [0.15, 0.2) is 54.7 Å². The maximum Gasteiger partial charge on any atom is 0.0708 e. The molecule has 0 atom stereocenters. The number of pyridine rings is 1. The number of hydrogen-bond acceptors (Lipinski definition) is 2. The Kier molecular flexibility index (Phi) is 3.92. The Labute approximate surface area is 131 Å². The highest BCUT2D eigenvalue weighted by Gasteiger charge is 2.02. The van der Waals surface area contributed by atoms with E-state index in [0.717, 1.165) is 5.52 Å². The summed E-state index contributed by atoms with van der Waals surface area (Å²) >= 11 is 0. The van der Waals surface area contributed by atoms with Gasteiger partial charge in [-0.3, -0.25) is 4.98 Å². The van der Waals surface area contributed by atoms with Crippen molar-refractivity contribution in [2.24, 2.45) is 0 Å². The number of nitrogens with zero attached hydrogens (tertiary/aromatic N) is 2. The molecule has 0 spiro atoms. The molecule has 3 rings (SSSR count). The van der Waals surface area contributed by atoms with Crippen LogP contribution in [0.5, 0.6) is 0 Å². The minimum absolute atomic E-state index is 1.04. The molecule has 2 heteroatoms. The highest BCUT2D eigenvalue weighted by atomic mass is 15.1. The highest BCUT2D eigenvalue weighted by molar-refractivity contribution is 5.91. The predicted molar refractivity (Wildman–Crippen MR) is 96.2 cm³/mol. The van der Waals surface area contributed by atoms with Gasteiger partial charge >= 0.3 is 0 Å². The summed E-state index contributed by atoms with van der Waals surface area (Å²) in [6, 6.07) is 16.8. The van der Waals surface area contributed by atoms with Crippen molar-refractivity contribution in [3.8, 4) is 0 Å². The van der Waals surface area contributed by atoms with Crippen LogP contribution in [0.1, 0.15) is 16.7 Å². The number of anilines is 1. The first kappa shape index (κ1) is 14.3. The molecule has 2 nitrogen and oxygen atoms in total. The second-order valence-corrected chi connectivity index (χ2v) is 5.69. The SMILES string of the molecule is Cc1cnc2ccccc2c1/C=C\c1ccc(N(C)C)cc1. The lowest BCUT2D eigenvalue weighted by molar-refractivity contribution is 1.13. The molecular formula is C20H20N2. The molecule has 0 N–H and O–H groups in total. The third kappa shape index (κ3) is 2.86. The van der Waals surface area contributed by atoms with Crippen LogP contribution in [-0.4, -0.2) is 19.1 Å². The van der Waals surface area contributed by atoms with Gasteiger partial charge in [0.05, 0.1) is 5.52 Å². The maximum absolute atomic E-state index is 4.49. The molecule has 0 radical (unpaired) electrons. The number of aromatic nitrogens is 1. The summed E-state index contributed by atoms with van der Waals surface area (Å²) in [4.78, 5) is 6.59. The Morgan fingerprint density at radius 1 is 0.909 bits per heavy atom. The van der Waals surface area contributed by atoms with Crippen molar-refractivity contribution in [1.29, 1.82) is 0 Å². The van der Waals surface area contributed by atoms with Crippen molar-refractivity contribution in [1.82, 2.24) is 4.98 Å². The predicted octanol–water partition coefficient (Wildman–Crippen LogP) is 4.78. The molecule has 0 saturated carbocycles. The van der Waals surface area contributed by atoms with Gasteiger partial charge < -0.3 is 4.90 Å². The van der Waals surface area contributed by atoms with E-state index in [9.17, 15) is 0 Å². The zero-order valence-electron chi connectivity index (χ0n) is 13.2. The van der Waals surface area contributed by atoms with Crippen molar-refractivity contribution < 1.29 is 0 Å². The lowest BCUT2D eigenvalue weighted by Crippen LogP contribution is -2.07. The quantitative estimate of drug-likeness (QED) is 0.689. The number of aryl methyl sites for hydroxylation is 1. The second kappa shape index (κ2) is 6.02. The monoisotopic (exact) mass is 288 g/mol. The van der Waals surface area contributed by atoms with Gasteiger partial charge in [-0.1, -0.05) is 42.5 Å². The summed E-state index contributed by atoms with van der Waals surface area (Å²) in [6.45, 7) is 2.11. The average molecular weight is 288 g/mol. The fourth-order valence-corrected chi connectivity index (χ4v) is 2.55. The van der Waals surface area contributed by atoms with Crippen LogP contribution < -0.4 is 4.90 Å². The summed E-state index contributed by atoms with van der Waals surface area (Å²) in [6.07, 6.45) is 6.29. The molecule has 22 heavy (non-hydrogen) atoms. The number of rotatable bonds is 3.